The van der Waals surface area contributed by atoms with Gasteiger partial charge < -0.3 is 42.6 Å². The fourth-order valence-electron chi connectivity index (χ4n) is 2.77. The number of ether oxygens (including phenoxy) is 9. The molecule has 1 atom stereocenters. The van der Waals surface area contributed by atoms with Crippen LogP contribution in [0.5, 0.6) is 0 Å². The zero-order valence-corrected chi connectivity index (χ0v) is 22.6. The molecule has 0 fully saturated rings. The molecule has 0 radical (unpaired) electrons. The summed E-state index contributed by atoms with van der Waals surface area (Å²) >= 11 is 0. The number of methoxy groups -OCH3 is 1. The van der Waals surface area contributed by atoms with E-state index < -0.39 is 17.9 Å². The summed E-state index contributed by atoms with van der Waals surface area (Å²) in [6.07, 6.45) is 0.922. The van der Waals surface area contributed by atoms with E-state index in [1.54, 1.807) is 13.8 Å². The third kappa shape index (κ3) is 15.9. The largest absolute Gasteiger partial charge is 0.504 e. The van der Waals surface area contributed by atoms with Crippen LogP contribution in [0.25, 0.3) is 0 Å². The molecule has 0 aromatic heterocycles. The van der Waals surface area contributed by atoms with E-state index in [4.69, 9.17) is 42.6 Å². The van der Waals surface area contributed by atoms with Gasteiger partial charge in [0.2, 0.25) is 0 Å². The van der Waals surface area contributed by atoms with Gasteiger partial charge in [0.25, 0.3) is 5.97 Å². The number of carbonyl (C=O) groups is 2. The molecule has 36 heavy (non-hydrogen) atoms. The molecule has 11 heteroatoms. The number of hydrogen-bond acceptors (Lipinski definition) is 11. The lowest BCUT2D eigenvalue weighted by Gasteiger charge is -2.32. The SMILES string of the molecule is C=C(C)C(=O)OC(C)COCCOCCOCCOC(=O)C(=COC)CC(OCC)(OCC)OCC. The molecule has 0 heterocycles. The van der Waals surface area contributed by atoms with E-state index in [9.17, 15) is 9.59 Å². The third-order valence-corrected chi connectivity index (χ3v) is 4.24. The van der Waals surface area contributed by atoms with Crippen molar-refractivity contribution in [2.75, 3.05) is 73.2 Å². The highest BCUT2D eigenvalue weighted by atomic mass is 16.9. The van der Waals surface area contributed by atoms with Crippen LogP contribution >= 0.6 is 0 Å². The normalized spacial score (nSPS) is 12.8. The van der Waals surface area contributed by atoms with E-state index in [1.807, 2.05) is 20.8 Å². The Labute approximate surface area is 214 Å². The monoisotopic (exact) mass is 520 g/mol. The second-order valence-electron chi connectivity index (χ2n) is 7.47. The first-order valence-corrected chi connectivity index (χ1v) is 12.2. The molecule has 0 aliphatic heterocycles. The van der Waals surface area contributed by atoms with Gasteiger partial charge in [0.15, 0.2) is 0 Å². The van der Waals surface area contributed by atoms with E-state index in [0.717, 1.165) is 0 Å². The van der Waals surface area contributed by atoms with Crippen molar-refractivity contribution in [1.82, 2.24) is 0 Å². The van der Waals surface area contributed by atoms with Crippen molar-refractivity contribution in [2.45, 2.75) is 53.1 Å². The predicted molar refractivity (Wildman–Crippen MR) is 131 cm³/mol. The minimum Gasteiger partial charge on any atom is -0.504 e. The molecule has 0 aliphatic carbocycles. The molecule has 0 bridgehead atoms. The second-order valence-corrected chi connectivity index (χ2v) is 7.47. The number of esters is 2. The first-order valence-electron chi connectivity index (χ1n) is 12.2. The van der Waals surface area contributed by atoms with Crippen LogP contribution in [0.4, 0.5) is 0 Å². The molecule has 0 N–H and O–H groups in total. The molecule has 0 aromatic carbocycles. The standard InChI is InChI=1S/C25H44O11/c1-8-33-25(34-9-2,35-10-3)17-22(19-28-7)24(27)32-16-15-30-12-11-29-13-14-31-18-21(6)36-23(26)20(4)5/h19,21H,4,8-18H2,1-3,5-7H3. The van der Waals surface area contributed by atoms with Crippen molar-refractivity contribution in [3.8, 4) is 0 Å². The van der Waals surface area contributed by atoms with E-state index in [2.05, 4.69) is 6.58 Å². The molecule has 11 nitrogen and oxygen atoms in total. The summed E-state index contributed by atoms with van der Waals surface area (Å²) in [4.78, 5) is 23.9. The van der Waals surface area contributed by atoms with E-state index in [0.29, 0.717) is 51.8 Å². The summed E-state index contributed by atoms with van der Waals surface area (Å²) in [7, 11) is 1.43. The fourth-order valence-corrected chi connectivity index (χ4v) is 2.77. The average Bonchev–Trinajstić information content (AvgIpc) is 2.82. The summed E-state index contributed by atoms with van der Waals surface area (Å²) < 4.78 is 48.6. The minimum atomic E-state index is -1.40. The van der Waals surface area contributed by atoms with Gasteiger partial charge in [0.1, 0.15) is 12.7 Å². The maximum atomic E-state index is 12.5. The Hall–Kier alpha value is -2.02. The Balaban J connectivity index is 4.13. The number of rotatable bonds is 23. The summed E-state index contributed by atoms with van der Waals surface area (Å²) in [6.45, 7) is 15.2. The van der Waals surface area contributed by atoms with Crippen LogP contribution in [-0.2, 0) is 52.2 Å². The van der Waals surface area contributed by atoms with Crippen LogP contribution in [0.3, 0.4) is 0 Å². The molecular formula is C25H44O11. The van der Waals surface area contributed by atoms with Gasteiger partial charge in [-0.25, -0.2) is 9.59 Å². The van der Waals surface area contributed by atoms with Crippen LogP contribution in [0.15, 0.2) is 24.0 Å². The quantitative estimate of drug-likeness (QED) is 0.0651. The van der Waals surface area contributed by atoms with Crippen molar-refractivity contribution in [2.24, 2.45) is 0 Å². The summed E-state index contributed by atoms with van der Waals surface area (Å²) in [6, 6.07) is 0. The Morgan fingerprint density at radius 2 is 1.33 bits per heavy atom. The average molecular weight is 521 g/mol. The van der Waals surface area contributed by atoms with Gasteiger partial charge in [-0.1, -0.05) is 6.58 Å². The van der Waals surface area contributed by atoms with Crippen molar-refractivity contribution < 1.29 is 52.2 Å². The zero-order valence-electron chi connectivity index (χ0n) is 22.6. The molecular weight excluding hydrogens is 476 g/mol. The van der Waals surface area contributed by atoms with E-state index in [1.165, 1.54) is 13.4 Å². The summed E-state index contributed by atoms with van der Waals surface area (Å²) in [5.41, 5.74) is 0.554. The Kier molecular flexibility index (Phi) is 19.9. The van der Waals surface area contributed by atoms with E-state index >= 15 is 0 Å². The second kappa shape index (κ2) is 21.1. The van der Waals surface area contributed by atoms with Crippen molar-refractivity contribution in [3.63, 3.8) is 0 Å². The molecule has 0 rings (SSSR count). The first-order chi connectivity index (χ1) is 17.2. The smallest absolute Gasteiger partial charge is 0.337 e. The Morgan fingerprint density at radius 1 is 0.833 bits per heavy atom. The lowest BCUT2D eigenvalue weighted by molar-refractivity contribution is -0.375. The summed E-state index contributed by atoms with van der Waals surface area (Å²) in [5, 5.41) is 0. The highest BCUT2D eigenvalue weighted by Crippen LogP contribution is 2.26. The minimum absolute atomic E-state index is 0.00106. The van der Waals surface area contributed by atoms with Gasteiger partial charge >= 0.3 is 11.9 Å². The predicted octanol–water partition coefficient (Wildman–Crippen LogP) is 2.77. The molecule has 0 aromatic rings. The molecule has 1 unspecified atom stereocenters. The van der Waals surface area contributed by atoms with Gasteiger partial charge in [-0.3, -0.25) is 0 Å². The molecule has 210 valence electrons. The lowest BCUT2D eigenvalue weighted by Crippen LogP contribution is -2.41. The van der Waals surface area contributed by atoms with E-state index in [-0.39, 0.29) is 37.9 Å². The molecule has 0 spiro atoms. The molecule has 0 saturated carbocycles. The number of hydrogen-bond donors (Lipinski definition) is 0. The fraction of sp³-hybridized carbons (Fsp3) is 0.760. The van der Waals surface area contributed by atoms with Gasteiger partial charge in [-0.15, -0.1) is 0 Å². The Bertz CT molecular complexity index is 631. The van der Waals surface area contributed by atoms with Crippen LogP contribution in [0, 0.1) is 0 Å². The molecule has 0 saturated heterocycles. The van der Waals surface area contributed by atoms with Gasteiger partial charge in [-0.2, -0.15) is 0 Å². The first kappa shape index (κ1) is 34.0. The highest BCUT2D eigenvalue weighted by molar-refractivity contribution is 5.88. The third-order valence-electron chi connectivity index (χ3n) is 4.24. The van der Waals surface area contributed by atoms with Gasteiger partial charge in [-0.05, 0) is 34.6 Å². The molecule has 0 amide bonds. The van der Waals surface area contributed by atoms with Crippen molar-refractivity contribution in [1.29, 1.82) is 0 Å². The Morgan fingerprint density at radius 3 is 1.81 bits per heavy atom. The maximum absolute atomic E-state index is 12.5. The van der Waals surface area contributed by atoms with Crippen molar-refractivity contribution >= 4 is 11.9 Å². The van der Waals surface area contributed by atoms with Crippen LogP contribution in [-0.4, -0.2) is 97.2 Å². The van der Waals surface area contributed by atoms with Gasteiger partial charge in [0, 0.05) is 25.4 Å². The topological polar surface area (TPSA) is 117 Å². The van der Waals surface area contributed by atoms with Crippen LogP contribution in [0.2, 0.25) is 0 Å². The highest BCUT2D eigenvalue weighted by Gasteiger charge is 2.36. The maximum Gasteiger partial charge on any atom is 0.337 e. The van der Waals surface area contributed by atoms with Gasteiger partial charge in [0.05, 0.1) is 65.0 Å². The molecule has 0 aliphatic rings. The van der Waals surface area contributed by atoms with Crippen LogP contribution in [0.1, 0.15) is 41.0 Å². The lowest BCUT2D eigenvalue weighted by atomic mass is 10.2. The summed E-state index contributed by atoms with van der Waals surface area (Å²) in [5.74, 6) is -2.42. The van der Waals surface area contributed by atoms with Crippen molar-refractivity contribution in [3.05, 3.63) is 24.0 Å². The number of carbonyl (C=O) groups excluding carboxylic acids is 2. The van der Waals surface area contributed by atoms with Crippen LogP contribution < -0.4 is 0 Å². The zero-order chi connectivity index (χ0) is 27.2.